The maximum absolute atomic E-state index is 13.6. The Balaban J connectivity index is 2.09. The maximum Gasteiger partial charge on any atom is 0.251 e. The number of piperidine rings is 1. The predicted octanol–water partition coefficient (Wildman–Crippen LogP) is 1.71. The van der Waals surface area contributed by atoms with Crippen LogP contribution in [0.3, 0.4) is 0 Å². The quantitative estimate of drug-likeness (QED) is 0.875. The van der Waals surface area contributed by atoms with Crippen molar-refractivity contribution in [1.82, 2.24) is 10.6 Å². The van der Waals surface area contributed by atoms with Crippen molar-refractivity contribution in [3.8, 4) is 5.75 Å². The number of carbonyl (C=O) groups is 1. The number of methoxy groups -OCH3 is 1. The first-order valence-electron chi connectivity index (χ1n) is 6.41. The highest BCUT2D eigenvalue weighted by atomic mass is 19.1. The molecule has 1 aromatic carbocycles. The normalized spacial score (nSPS) is 17.8. The van der Waals surface area contributed by atoms with Gasteiger partial charge in [-0.3, -0.25) is 4.79 Å². The second-order valence-corrected chi connectivity index (χ2v) is 5.11. The molecule has 0 bridgehead atoms. The van der Waals surface area contributed by atoms with Crippen molar-refractivity contribution >= 4 is 5.91 Å². The van der Waals surface area contributed by atoms with E-state index in [-0.39, 0.29) is 17.2 Å². The predicted molar refractivity (Wildman–Crippen MR) is 70.9 cm³/mol. The van der Waals surface area contributed by atoms with Crippen molar-refractivity contribution in [3.05, 3.63) is 29.6 Å². The molecule has 1 aliphatic heterocycles. The molecule has 1 amide bonds. The third-order valence-corrected chi connectivity index (χ3v) is 3.54. The van der Waals surface area contributed by atoms with E-state index in [0.717, 1.165) is 25.9 Å². The minimum atomic E-state index is -0.523. The van der Waals surface area contributed by atoms with E-state index in [1.54, 1.807) is 6.07 Å². The molecule has 1 saturated heterocycles. The first-order valence-corrected chi connectivity index (χ1v) is 6.41. The highest BCUT2D eigenvalue weighted by Gasteiger charge is 2.28. The standard InChI is InChI=1S/C14H19FN2O2/c1-14(5-7-16-8-6-14)17-13(18)10-3-4-12(19-2)11(15)9-10/h3-4,9,16H,5-8H2,1-2H3,(H,17,18). The Hall–Kier alpha value is -1.62. The summed E-state index contributed by atoms with van der Waals surface area (Å²) in [6.07, 6.45) is 1.74. The van der Waals surface area contributed by atoms with Crippen LogP contribution >= 0.6 is 0 Å². The van der Waals surface area contributed by atoms with Crippen molar-refractivity contribution in [2.24, 2.45) is 0 Å². The molecular weight excluding hydrogens is 247 g/mol. The molecule has 2 rings (SSSR count). The van der Waals surface area contributed by atoms with Gasteiger partial charge in [-0.2, -0.15) is 0 Å². The average Bonchev–Trinajstić information content (AvgIpc) is 2.39. The zero-order valence-corrected chi connectivity index (χ0v) is 11.3. The van der Waals surface area contributed by atoms with Crippen molar-refractivity contribution in [2.75, 3.05) is 20.2 Å². The Bertz CT molecular complexity index is 471. The molecule has 1 aliphatic rings. The Morgan fingerprint density at radius 2 is 2.11 bits per heavy atom. The Morgan fingerprint density at radius 3 is 2.68 bits per heavy atom. The van der Waals surface area contributed by atoms with E-state index in [0.29, 0.717) is 5.56 Å². The molecule has 2 N–H and O–H groups in total. The number of nitrogens with one attached hydrogen (secondary N) is 2. The first kappa shape index (κ1) is 13.8. The van der Waals surface area contributed by atoms with Gasteiger partial charge in [-0.25, -0.2) is 4.39 Å². The smallest absolute Gasteiger partial charge is 0.251 e. The second-order valence-electron chi connectivity index (χ2n) is 5.11. The van der Waals surface area contributed by atoms with Crippen LogP contribution in [0.4, 0.5) is 4.39 Å². The summed E-state index contributed by atoms with van der Waals surface area (Å²) in [5.74, 6) is -0.624. The number of benzene rings is 1. The number of hydrogen-bond acceptors (Lipinski definition) is 3. The fourth-order valence-electron chi connectivity index (χ4n) is 2.26. The van der Waals surface area contributed by atoms with Crippen LogP contribution in [-0.2, 0) is 0 Å². The monoisotopic (exact) mass is 266 g/mol. The van der Waals surface area contributed by atoms with E-state index in [9.17, 15) is 9.18 Å². The molecule has 1 heterocycles. The SMILES string of the molecule is COc1ccc(C(=O)NC2(C)CCNCC2)cc1F. The molecule has 4 nitrogen and oxygen atoms in total. The van der Waals surface area contributed by atoms with Crippen LogP contribution in [0.2, 0.25) is 0 Å². The second kappa shape index (κ2) is 5.57. The van der Waals surface area contributed by atoms with Crippen molar-refractivity contribution in [3.63, 3.8) is 0 Å². The highest BCUT2D eigenvalue weighted by molar-refractivity contribution is 5.94. The van der Waals surface area contributed by atoms with Crippen molar-refractivity contribution in [1.29, 1.82) is 0 Å². The lowest BCUT2D eigenvalue weighted by Crippen LogP contribution is -2.52. The summed E-state index contributed by atoms with van der Waals surface area (Å²) in [6, 6.07) is 4.25. The van der Waals surface area contributed by atoms with E-state index in [1.807, 2.05) is 6.92 Å². The van der Waals surface area contributed by atoms with Gasteiger partial charge >= 0.3 is 0 Å². The molecule has 0 aliphatic carbocycles. The number of hydrogen-bond donors (Lipinski definition) is 2. The summed E-state index contributed by atoms with van der Waals surface area (Å²) in [4.78, 5) is 12.1. The molecule has 0 saturated carbocycles. The van der Waals surface area contributed by atoms with E-state index in [4.69, 9.17) is 4.74 Å². The summed E-state index contributed by atoms with van der Waals surface area (Å²) in [6.45, 7) is 3.78. The molecular formula is C14H19FN2O2. The van der Waals surface area contributed by atoms with Crippen LogP contribution in [-0.4, -0.2) is 31.6 Å². The molecule has 0 spiro atoms. The first-order chi connectivity index (χ1) is 9.04. The molecule has 19 heavy (non-hydrogen) atoms. The van der Waals surface area contributed by atoms with Crippen LogP contribution in [0.25, 0.3) is 0 Å². The summed E-state index contributed by atoms with van der Waals surface area (Å²) in [5, 5.41) is 6.24. The molecule has 104 valence electrons. The van der Waals surface area contributed by atoms with Gasteiger partial charge in [0.2, 0.25) is 0 Å². The Labute approximate surface area is 112 Å². The van der Waals surface area contributed by atoms with Gasteiger partial charge in [0.05, 0.1) is 7.11 Å². The maximum atomic E-state index is 13.6. The average molecular weight is 266 g/mol. The lowest BCUT2D eigenvalue weighted by atomic mass is 9.90. The zero-order chi connectivity index (χ0) is 13.9. The lowest BCUT2D eigenvalue weighted by Gasteiger charge is -2.35. The summed E-state index contributed by atoms with van der Waals surface area (Å²) < 4.78 is 18.4. The third kappa shape index (κ3) is 3.23. The number of amides is 1. The molecule has 1 fully saturated rings. The van der Waals surface area contributed by atoms with Crippen molar-refractivity contribution < 1.29 is 13.9 Å². The molecule has 5 heteroatoms. The van der Waals surface area contributed by atoms with Crippen LogP contribution in [0.15, 0.2) is 18.2 Å². The molecule has 1 aromatic rings. The van der Waals surface area contributed by atoms with Crippen molar-refractivity contribution in [2.45, 2.75) is 25.3 Å². The van der Waals surface area contributed by atoms with Crippen LogP contribution < -0.4 is 15.4 Å². The fourth-order valence-corrected chi connectivity index (χ4v) is 2.26. The van der Waals surface area contributed by atoms with Crippen LogP contribution in [0.5, 0.6) is 5.75 Å². The minimum Gasteiger partial charge on any atom is -0.494 e. The van der Waals surface area contributed by atoms with E-state index in [2.05, 4.69) is 10.6 Å². The number of carbonyl (C=O) groups excluding carboxylic acids is 1. The summed E-state index contributed by atoms with van der Waals surface area (Å²) in [5.41, 5.74) is 0.0942. The van der Waals surface area contributed by atoms with Gasteiger partial charge in [-0.1, -0.05) is 0 Å². The zero-order valence-electron chi connectivity index (χ0n) is 11.3. The number of halogens is 1. The van der Waals surface area contributed by atoms with Gasteiger partial charge in [-0.05, 0) is 51.1 Å². The van der Waals surface area contributed by atoms with Gasteiger partial charge in [0.15, 0.2) is 11.6 Å². The fraction of sp³-hybridized carbons (Fsp3) is 0.500. The largest absolute Gasteiger partial charge is 0.494 e. The van der Waals surface area contributed by atoms with Gasteiger partial charge in [0, 0.05) is 11.1 Å². The molecule has 0 unspecified atom stereocenters. The van der Waals surface area contributed by atoms with Gasteiger partial charge < -0.3 is 15.4 Å². The van der Waals surface area contributed by atoms with Gasteiger partial charge in [-0.15, -0.1) is 0 Å². The minimum absolute atomic E-state index is 0.143. The number of rotatable bonds is 3. The molecule has 0 radical (unpaired) electrons. The topological polar surface area (TPSA) is 50.4 Å². The van der Waals surface area contributed by atoms with E-state index >= 15 is 0 Å². The van der Waals surface area contributed by atoms with E-state index in [1.165, 1.54) is 19.2 Å². The van der Waals surface area contributed by atoms with Crippen LogP contribution in [0, 0.1) is 5.82 Å². The van der Waals surface area contributed by atoms with Gasteiger partial charge in [0.25, 0.3) is 5.91 Å². The molecule has 0 aromatic heterocycles. The molecule has 0 atom stereocenters. The Morgan fingerprint density at radius 1 is 1.42 bits per heavy atom. The lowest BCUT2D eigenvalue weighted by molar-refractivity contribution is 0.0887. The van der Waals surface area contributed by atoms with Gasteiger partial charge in [0.1, 0.15) is 0 Å². The summed E-state index contributed by atoms with van der Waals surface area (Å²) >= 11 is 0. The van der Waals surface area contributed by atoms with Crippen LogP contribution in [0.1, 0.15) is 30.1 Å². The number of ether oxygens (including phenoxy) is 1. The van der Waals surface area contributed by atoms with E-state index < -0.39 is 5.82 Å². The third-order valence-electron chi connectivity index (χ3n) is 3.54. The highest BCUT2D eigenvalue weighted by Crippen LogP contribution is 2.20. The Kier molecular flexibility index (Phi) is 4.04. The summed E-state index contributed by atoms with van der Waals surface area (Å²) in [7, 11) is 1.40.